The van der Waals surface area contributed by atoms with Crippen LogP contribution in [0.15, 0.2) is 11.8 Å². The van der Waals surface area contributed by atoms with Crippen molar-refractivity contribution < 1.29 is 14.3 Å². The zero-order chi connectivity index (χ0) is 13.3. The van der Waals surface area contributed by atoms with Crippen LogP contribution in [0, 0.1) is 5.92 Å². The lowest BCUT2D eigenvalue weighted by Gasteiger charge is -2.13. The Hall–Kier alpha value is -1.32. The maximum Gasteiger partial charge on any atom is 0.332 e. The molecule has 0 fully saturated rings. The lowest BCUT2D eigenvalue weighted by molar-refractivity contribution is -0.137. The summed E-state index contributed by atoms with van der Waals surface area (Å²) in [5.74, 6) is -0.128. The van der Waals surface area contributed by atoms with Crippen LogP contribution in [0.25, 0.3) is 0 Å². The van der Waals surface area contributed by atoms with Gasteiger partial charge in [-0.15, -0.1) is 0 Å². The van der Waals surface area contributed by atoms with Gasteiger partial charge in [0.2, 0.25) is 5.91 Å². The Labute approximate surface area is 103 Å². The van der Waals surface area contributed by atoms with Crippen LogP contribution in [-0.4, -0.2) is 18.5 Å². The number of carbonyl (C=O) groups excluding carboxylic acids is 2. The first-order valence-electron chi connectivity index (χ1n) is 6.14. The minimum atomic E-state index is -0.403. The molecule has 0 aliphatic rings. The van der Waals surface area contributed by atoms with Gasteiger partial charge in [-0.3, -0.25) is 4.79 Å². The summed E-state index contributed by atoms with van der Waals surface area (Å²) in [6.07, 6.45) is 4.22. The summed E-state index contributed by atoms with van der Waals surface area (Å²) in [6, 6.07) is 0. The van der Waals surface area contributed by atoms with Gasteiger partial charge in [0.15, 0.2) is 0 Å². The van der Waals surface area contributed by atoms with Gasteiger partial charge in [0.05, 0.1) is 6.61 Å². The first-order chi connectivity index (χ1) is 7.99. The highest BCUT2D eigenvalue weighted by atomic mass is 16.5. The van der Waals surface area contributed by atoms with Gasteiger partial charge in [-0.2, -0.15) is 0 Å². The molecule has 17 heavy (non-hydrogen) atoms. The van der Waals surface area contributed by atoms with Gasteiger partial charge in [-0.05, 0) is 19.3 Å². The van der Waals surface area contributed by atoms with Crippen LogP contribution in [-0.2, 0) is 14.3 Å². The standard InChI is InChI=1S/C13H23NO3/c1-5-7-10(3)8-12(14-11(4)15)9-13(16)17-6-2/h9-10H,5-8H2,1-4H3,(H,14,15)/b12-9+/t10-/m1/s1. The molecule has 4 nitrogen and oxygen atoms in total. The summed E-state index contributed by atoms with van der Waals surface area (Å²) in [7, 11) is 0. The smallest absolute Gasteiger partial charge is 0.332 e. The average Bonchev–Trinajstić information content (AvgIpc) is 2.16. The summed E-state index contributed by atoms with van der Waals surface area (Å²) >= 11 is 0. The van der Waals surface area contributed by atoms with Crippen molar-refractivity contribution in [3.8, 4) is 0 Å². The molecule has 0 unspecified atom stereocenters. The maximum absolute atomic E-state index is 11.3. The molecular weight excluding hydrogens is 218 g/mol. The number of rotatable bonds is 7. The molecule has 0 spiro atoms. The molecule has 0 aromatic carbocycles. The van der Waals surface area contributed by atoms with Crippen molar-refractivity contribution >= 4 is 11.9 Å². The molecule has 4 heteroatoms. The van der Waals surface area contributed by atoms with Crippen LogP contribution in [0.1, 0.15) is 47.0 Å². The molecule has 0 rings (SSSR count). The number of carbonyl (C=O) groups is 2. The Morgan fingerprint density at radius 1 is 1.35 bits per heavy atom. The minimum Gasteiger partial charge on any atom is -0.463 e. The van der Waals surface area contributed by atoms with Gasteiger partial charge >= 0.3 is 5.97 Å². The zero-order valence-electron chi connectivity index (χ0n) is 11.2. The second-order valence-corrected chi connectivity index (χ2v) is 4.20. The van der Waals surface area contributed by atoms with Crippen LogP contribution < -0.4 is 5.32 Å². The third-order valence-electron chi connectivity index (χ3n) is 2.27. The third kappa shape index (κ3) is 8.48. The summed E-state index contributed by atoms with van der Waals surface area (Å²) in [4.78, 5) is 22.4. The summed E-state index contributed by atoms with van der Waals surface area (Å²) < 4.78 is 4.83. The number of nitrogens with one attached hydrogen (secondary N) is 1. The average molecular weight is 241 g/mol. The van der Waals surface area contributed by atoms with E-state index < -0.39 is 5.97 Å². The first-order valence-corrected chi connectivity index (χ1v) is 6.14. The summed E-state index contributed by atoms with van der Waals surface area (Å²) in [6.45, 7) is 7.74. The van der Waals surface area contributed by atoms with Crippen molar-refractivity contribution in [3.05, 3.63) is 11.8 Å². The molecule has 0 bridgehead atoms. The van der Waals surface area contributed by atoms with E-state index in [1.54, 1.807) is 6.92 Å². The van der Waals surface area contributed by atoms with Crippen molar-refractivity contribution in [1.29, 1.82) is 0 Å². The molecule has 0 saturated carbocycles. The largest absolute Gasteiger partial charge is 0.463 e. The highest BCUT2D eigenvalue weighted by molar-refractivity contribution is 5.84. The van der Waals surface area contributed by atoms with E-state index in [9.17, 15) is 9.59 Å². The molecule has 98 valence electrons. The van der Waals surface area contributed by atoms with E-state index in [0.29, 0.717) is 24.6 Å². The Morgan fingerprint density at radius 2 is 2.00 bits per heavy atom. The van der Waals surface area contributed by atoms with Gasteiger partial charge in [0, 0.05) is 18.7 Å². The highest BCUT2D eigenvalue weighted by Gasteiger charge is 2.09. The lowest BCUT2D eigenvalue weighted by atomic mass is 10.00. The van der Waals surface area contributed by atoms with E-state index in [1.807, 2.05) is 0 Å². The van der Waals surface area contributed by atoms with E-state index in [1.165, 1.54) is 13.0 Å². The van der Waals surface area contributed by atoms with E-state index in [-0.39, 0.29) is 5.91 Å². The Bertz CT molecular complexity index is 284. The van der Waals surface area contributed by atoms with Crippen LogP contribution in [0.5, 0.6) is 0 Å². The van der Waals surface area contributed by atoms with Gasteiger partial charge in [-0.1, -0.05) is 26.7 Å². The van der Waals surface area contributed by atoms with Crippen LogP contribution in [0.4, 0.5) is 0 Å². The molecule has 1 atom stereocenters. The Balaban J connectivity index is 4.51. The Morgan fingerprint density at radius 3 is 2.47 bits per heavy atom. The fraction of sp³-hybridized carbons (Fsp3) is 0.692. The molecule has 0 aliphatic carbocycles. The van der Waals surface area contributed by atoms with E-state index in [0.717, 1.165) is 12.8 Å². The molecule has 0 saturated heterocycles. The summed E-state index contributed by atoms with van der Waals surface area (Å²) in [5.41, 5.74) is 0.636. The second kappa shape index (κ2) is 8.79. The normalized spacial score (nSPS) is 13.1. The predicted molar refractivity (Wildman–Crippen MR) is 67.2 cm³/mol. The molecule has 0 heterocycles. The topological polar surface area (TPSA) is 55.4 Å². The number of ether oxygens (including phenoxy) is 1. The number of amides is 1. The van der Waals surface area contributed by atoms with Gasteiger partial charge in [0.1, 0.15) is 0 Å². The lowest BCUT2D eigenvalue weighted by Crippen LogP contribution is -2.22. The van der Waals surface area contributed by atoms with Crippen molar-refractivity contribution in [2.45, 2.75) is 47.0 Å². The molecule has 0 aliphatic heterocycles. The highest BCUT2D eigenvalue weighted by Crippen LogP contribution is 2.14. The fourth-order valence-corrected chi connectivity index (χ4v) is 1.67. The Kier molecular flexibility index (Phi) is 8.11. The second-order valence-electron chi connectivity index (χ2n) is 4.20. The first kappa shape index (κ1) is 15.7. The van der Waals surface area contributed by atoms with Crippen LogP contribution >= 0.6 is 0 Å². The zero-order valence-corrected chi connectivity index (χ0v) is 11.2. The molecule has 0 aromatic heterocycles. The number of allylic oxidation sites excluding steroid dienone is 1. The van der Waals surface area contributed by atoms with Crippen molar-refractivity contribution in [1.82, 2.24) is 5.32 Å². The van der Waals surface area contributed by atoms with Gasteiger partial charge < -0.3 is 10.1 Å². The molecule has 0 radical (unpaired) electrons. The van der Waals surface area contributed by atoms with Crippen molar-refractivity contribution in [2.24, 2.45) is 5.92 Å². The van der Waals surface area contributed by atoms with E-state index in [2.05, 4.69) is 19.2 Å². The quantitative estimate of drug-likeness (QED) is 0.550. The van der Waals surface area contributed by atoms with E-state index >= 15 is 0 Å². The van der Waals surface area contributed by atoms with Crippen molar-refractivity contribution in [2.75, 3.05) is 6.61 Å². The minimum absolute atomic E-state index is 0.163. The molecule has 1 N–H and O–H groups in total. The van der Waals surface area contributed by atoms with Gasteiger partial charge in [-0.25, -0.2) is 4.79 Å². The predicted octanol–water partition coefficient (Wildman–Crippen LogP) is 2.40. The fourth-order valence-electron chi connectivity index (χ4n) is 1.67. The van der Waals surface area contributed by atoms with E-state index in [4.69, 9.17) is 4.74 Å². The molecule has 0 aromatic rings. The SMILES string of the molecule is CCC[C@@H](C)C/C(=C\C(=O)OCC)NC(C)=O. The van der Waals surface area contributed by atoms with Gasteiger partial charge in [0.25, 0.3) is 0 Å². The summed E-state index contributed by atoms with van der Waals surface area (Å²) in [5, 5.41) is 2.68. The van der Waals surface area contributed by atoms with Crippen molar-refractivity contribution in [3.63, 3.8) is 0 Å². The number of hydrogen-bond donors (Lipinski definition) is 1. The maximum atomic E-state index is 11.3. The monoisotopic (exact) mass is 241 g/mol. The van der Waals surface area contributed by atoms with Crippen LogP contribution in [0.2, 0.25) is 0 Å². The third-order valence-corrected chi connectivity index (χ3v) is 2.27. The van der Waals surface area contributed by atoms with Crippen LogP contribution in [0.3, 0.4) is 0 Å². The number of esters is 1. The molecule has 1 amide bonds. The number of hydrogen-bond acceptors (Lipinski definition) is 3. The molecular formula is C13H23NO3.